The average molecular weight is 407 g/mol. The largest absolute Gasteiger partial charge is 0.465 e. The maximum absolute atomic E-state index is 12.7. The molecule has 3 rings (SSSR count). The fourth-order valence-electron chi connectivity index (χ4n) is 3.18. The van der Waals surface area contributed by atoms with Gasteiger partial charge in [0.05, 0.1) is 30.2 Å². The quantitative estimate of drug-likeness (QED) is 0.740. The van der Waals surface area contributed by atoms with Crippen LogP contribution in [0.3, 0.4) is 0 Å². The molecule has 1 unspecified atom stereocenters. The van der Waals surface area contributed by atoms with Crippen molar-refractivity contribution in [2.45, 2.75) is 32.2 Å². The molecule has 2 aliphatic heterocycles. The zero-order valence-electron chi connectivity index (χ0n) is 15.6. The van der Waals surface area contributed by atoms with E-state index in [-0.39, 0.29) is 36.0 Å². The number of ether oxygens (including phenoxy) is 1. The second-order valence-electron chi connectivity index (χ2n) is 6.82. The first-order chi connectivity index (χ1) is 13.2. The Balaban J connectivity index is 1.80. The Bertz CT molecular complexity index is 970. The van der Waals surface area contributed by atoms with Gasteiger partial charge < -0.3 is 10.1 Å². The zero-order chi connectivity index (χ0) is 20.5. The van der Waals surface area contributed by atoms with Crippen LogP contribution < -0.4 is 5.32 Å². The molecule has 0 saturated carbocycles. The van der Waals surface area contributed by atoms with E-state index in [0.29, 0.717) is 17.7 Å². The number of nitrogens with zero attached hydrogens (tertiary/aromatic N) is 2. The maximum Gasteiger partial charge on any atom is 0.337 e. The standard InChI is InChI=1S/C18H21N3O6S/c1-11-3-4-12(18(24)27-2)9-15(11)19-17(23)14-5-6-16(22)21(20-14)13-7-8-28(25,26)10-13/h3-4,9,13H,5-8,10H2,1-2H3,(H,19,23). The number of nitrogens with one attached hydrogen (secondary N) is 1. The van der Waals surface area contributed by atoms with Crippen LogP contribution in [0.4, 0.5) is 5.69 Å². The van der Waals surface area contributed by atoms with Gasteiger partial charge in [-0.15, -0.1) is 0 Å². The SMILES string of the molecule is COC(=O)c1ccc(C)c(NC(=O)C2=NN(C3CCS(=O)(=O)C3)C(=O)CC2)c1. The predicted octanol–water partition coefficient (Wildman–Crippen LogP) is 0.886. The first-order valence-electron chi connectivity index (χ1n) is 8.80. The van der Waals surface area contributed by atoms with Crippen molar-refractivity contribution in [1.82, 2.24) is 5.01 Å². The van der Waals surface area contributed by atoms with Gasteiger partial charge in [-0.05, 0) is 31.0 Å². The number of esters is 1. The van der Waals surface area contributed by atoms with Crippen LogP contribution in [0.25, 0.3) is 0 Å². The maximum atomic E-state index is 12.7. The fourth-order valence-corrected chi connectivity index (χ4v) is 4.88. The lowest BCUT2D eigenvalue weighted by atomic mass is 10.1. The van der Waals surface area contributed by atoms with E-state index in [4.69, 9.17) is 0 Å². The first-order valence-corrected chi connectivity index (χ1v) is 10.6. The number of aryl methyl sites for hydroxylation is 1. The highest BCUT2D eigenvalue weighted by Crippen LogP contribution is 2.23. The fraction of sp³-hybridized carbons (Fsp3) is 0.444. The second kappa shape index (κ2) is 7.70. The van der Waals surface area contributed by atoms with Gasteiger partial charge in [-0.2, -0.15) is 5.10 Å². The van der Waals surface area contributed by atoms with Gasteiger partial charge in [-0.1, -0.05) is 6.07 Å². The molecule has 1 N–H and O–H groups in total. The van der Waals surface area contributed by atoms with Crippen molar-refractivity contribution in [2.24, 2.45) is 5.10 Å². The summed E-state index contributed by atoms with van der Waals surface area (Å²) in [6.07, 6.45) is 0.563. The molecular weight excluding hydrogens is 386 g/mol. The highest BCUT2D eigenvalue weighted by atomic mass is 32.2. The van der Waals surface area contributed by atoms with Crippen molar-refractivity contribution in [2.75, 3.05) is 23.9 Å². The minimum atomic E-state index is -3.18. The van der Waals surface area contributed by atoms with Gasteiger partial charge in [0.15, 0.2) is 9.84 Å². The summed E-state index contributed by atoms with van der Waals surface area (Å²) in [5.74, 6) is -1.44. The van der Waals surface area contributed by atoms with Crippen LogP contribution in [0.1, 0.15) is 35.2 Å². The molecule has 150 valence electrons. The first kappa shape index (κ1) is 20.0. The van der Waals surface area contributed by atoms with Crippen LogP contribution in [-0.4, -0.2) is 61.6 Å². The third-order valence-electron chi connectivity index (χ3n) is 4.78. The number of anilines is 1. The highest BCUT2D eigenvalue weighted by molar-refractivity contribution is 7.91. The Labute approximate surface area is 162 Å². The normalized spacial score (nSPS) is 21.2. The molecule has 1 aromatic carbocycles. The summed E-state index contributed by atoms with van der Waals surface area (Å²) >= 11 is 0. The summed E-state index contributed by atoms with van der Waals surface area (Å²) in [6, 6.07) is 4.25. The van der Waals surface area contributed by atoms with Gasteiger partial charge in [0.2, 0.25) is 5.91 Å². The van der Waals surface area contributed by atoms with E-state index in [2.05, 4.69) is 15.2 Å². The lowest BCUT2D eigenvalue weighted by Crippen LogP contribution is -2.42. The minimum Gasteiger partial charge on any atom is -0.465 e. The van der Waals surface area contributed by atoms with Crippen LogP contribution in [0.15, 0.2) is 23.3 Å². The van der Waals surface area contributed by atoms with Crippen LogP contribution >= 0.6 is 0 Å². The monoisotopic (exact) mass is 407 g/mol. The van der Waals surface area contributed by atoms with Crippen molar-refractivity contribution in [3.63, 3.8) is 0 Å². The molecule has 0 spiro atoms. The topological polar surface area (TPSA) is 122 Å². The molecule has 2 heterocycles. The number of amides is 2. The summed E-state index contributed by atoms with van der Waals surface area (Å²) in [4.78, 5) is 36.5. The lowest BCUT2D eigenvalue weighted by molar-refractivity contribution is -0.133. The van der Waals surface area contributed by atoms with E-state index in [9.17, 15) is 22.8 Å². The van der Waals surface area contributed by atoms with E-state index in [1.807, 2.05) is 0 Å². The number of hydrogen-bond donors (Lipinski definition) is 1. The third-order valence-corrected chi connectivity index (χ3v) is 6.53. The molecule has 1 saturated heterocycles. The summed E-state index contributed by atoms with van der Waals surface area (Å²) in [7, 11) is -1.91. The number of benzene rings is 1. The van der Waals surface area contributed by atoms with Gasteiger partial charge in [-0.3, -0.25) is 9.59 Å². The van der Waals surface area contributed by atoms with E-state index in [1.165, 1.54) is 13.2 Å². The Morgan fingerprint density at radius 2 is 2.04 bits per heavy atom. The van der Waals surface area contributed by atoms with Gasteiger partial charge in [0.1, 0.15) is 5.71 Å². The van der Waals surface area contributed by atoms with Crippen LogP contribution in [0.5, 0.6) is 0 Å². The number of carbonyl (C=O) groups excluding carboxylic acids is 3. The summed E-state index contributed by atoms with van der Waals surface area (Å²) < 4.78 is 28.1. The van der Waals surface area contributed by atoms with E-state index in [1.54, 1.807) is 19.1 Å². The third kappa shape index (κ3) is 4.22. The highest BCUT2D eigenvalue weighted by Gasteiger charge is 2.37. The van der Waals surface area contributed by atoms with Crippen molar-refractivity contribution in [3.05, 3.63) is 29.3 Å². The van der Waals surface area contributed by atoms with Gasteiger partial charge in [0, 0.05) is 18.5 Å². The minimum absolute atomic E-state index is 0.0119. The molecule has 1 atom stereocenters. The van der Waals surface area contributed by atoms with E-state index in [0.717, 1.165) is 10.6 Å². The van der Waals surface area contributed by atoms with Crippen molar-refractivity contribution >= 4 is 39.0 Å². The Hall–Kier alpha value is -2.75. The van der Waals surface area contributed by atoms with Crippen molar-refractivity contribution in [1.29, 1.82) is 0 Å². The molecule has 0 bridgehead atoms. The number of hydrazone groups is 1. The van der Waals surface area contributed by atoms with E-state index < -0.39 is 27.8 Å². The molecule has 1 fully saturated rings. The Morgan fingerprint density at radius 3 is 2.68 bits per heavy atom. The number of rotatable bonds is 4. The van der Waals surface area contributed by atoms with Gasteiger partial charge in [-0.25, -0.2) is 18.2 Å². The molecule has 0 aliphatic carbocycles. The average Bonchev–Trinajstić information content (AvgIpc) is 3.02. The summed E-state index contributed by atoms with van der Waals surface area (Å²) in [6.45, 7) is 1.78. The number of hydrogen-bond acceptors (Lipinski definition) is 7. The molecule has 2 amide bonds. The summed E-state index contributed by atoms with van der Waals surface area (Å²) in [5.41, 5.74) is 1.61. The molecule has 0 aromatic heterocycles. The van der Waals surface area contributed by atoms with E-state index >= 15 is 0 Å². The molecule has 9 nitrogen and oxygen atoms in total. The van der Waals surface area contributed by atoms with Crippen LogP contribution in [-0.2, 0) is 24.2 Å². The van der Waals surface area contributed by atoms with Crippen LogP contribution in [0, 0.1) is 6.92 Å². The van der Waals surface area contributed by atoms with Crippen molar-refractivity contribution < 1.29 is 27.5 Å². The second-order valence-corrected chi connectivity index (χ2v) is 9.05. The zero-order valence-corrected chi connectivity index (χ0v) is 16.4. The van der Waals surface area contributed by atoms with Crippen LogP contribution in [0.2, 0.25) is 0 Å². The summed E-state index contributed by atoms with van der Waals surface area (Å²) in [5, 5.41) is 7.99. The molecular formula is C18H21N3O6S. The molecule has 0 radical (unpaired) electrons. The molecule has 10 heteroatoms. The van der Waals surface area contributed by atoms with Crippen molar-refractivity contribution in [3.8, 4) is 0 Å². The molecule has 28 heavy (non-hydrogen) atoms. The predicted molar refractivity (Wildman–Crippen MR) is 102 cm³/mol. The lowest BCUT2D eigenvalue weighted by Gasteiger charge is -2.27. The molecule has 2 aliphatic rings. The van der Waals surface area contributed by atoms with Gasteiger partial charge in [0.25, 0.3) is 5.91 Å². The Kier molecular flexibility index (Phi) is 5.50. The number of sulfone groups is 1. The van der Waals surface area contributed by atoms with Gasteiger partial charge >= 0.3 is 5.97 Å². The number of methoxy groups -OCH3 is 1. The Morgan fingerprint density at radius 1 is 1.29 bits per heavy atom. The smallest absolute Gasteiger partial charge is 0.337 e. The molecule has 1 aromatic rings. The number of carbonyl (C=O) groups is 3.